The van der Waals surface area contributed by atoms with Crippen molar-refractivity contribution in [1.29, 1.82) is 0 Å². The van der Waals surface area contributed by atoms with Crippen LogP contribution in [0.5, 0.6) is 0 Å². The Morgan fingerprint density at radius 2 is 2.00 bits per heavy atom. The van der Waals surface area contributed by atoms with Crippen LogP contribution < -0.4 is 0 Å². The summed E-state index contributed by atoms with van der Waals surface area (Å²) in [7, 11) is 0. The summed E-state index contributed by atoms with van der Waals surface area (Å²) < 4.78 is 0. The van der Waals surface area contributed by atoms with Crippen LogP contribution in [0.15, 0.2) is 29.3 Å². The minimum atomic E-state index is 0.792. The summed E-state index contributed by atoms with van der Waals surface area (Å²) in [5, 5.41) is 2.01. The van der Waals surface area contributed by atoms with Gasteiger partial charge >= 0.3 is 0 Å². The number of aromatic nitrogens is 1. The first-order valence-electron chi connectivity index (χ1n) is 6.71. The zero-order valence-corrected chi connectivity index (χ0v) is 12.3. The van der Waals surface area contributed by atoms with E-state index in [2.05, 4.69) is 23.7 Å². The van der Waals surface area contributed by atoms with Gasteiger partial charge < -0.3 is 9.88 Å². The third-order valence-electron chi connectivity index (χ3n) is 3.38. The van der Waals surface area contributed by atoms with E-state index >= 15 is 0 Å². The molecule has 0 atom stereocenters. The first-order chi connectivity index (χ1) is 9.30. The molecule has 4 heteroatoms. The van der Waals surface area contributed by atoms with E-state index < -0.39 is 0 Å². The standard InChI is InChI=1S/C15H20N2OS/c1-3-17(4-2)9-10-19-15-13(11-18)12-7-5-6-8-14(12)16-15/h5-8,11,16H,3-4,9-10H2,1-2H3. The van der Waals surface area contributed by atoms with Crippen LogP contribution >= 0.6 is 11.8 Å². The predicted molar refractivity (Wildman–Crippen MR) is 82.2 cm³/mol. The molecule has 1 heterocycles. The van der Waals surface area contributed by atoms with Gasteiger partial charge in [-0.3, -0.25) is 4.79 Å². The fourth-order valence-corrected chi connectivity index (χ4v) is 3.24. The molecule has 0 radical (unpaired) electrons. The zero-order valence-electron chi connectivity index (χ0n) is 11.5. The molecule has 3 nitrogen and oxygen atoms in total. The number of fused-ring (bicyclic) bond motifs is 1. The highest BCUT2D eigenvalue weighted by Crippen LogP contribution is 2.28. The molecule has 0 saturated heterocycles. The van der Waals surface area contributed by atoms with E-state index in [9.17, 15) is 4.79 Å². The normalized spacial score (nSPS) is 11.3. The Morgan fingerprint density at radius 1 is 1.26 bits per heavy atom. The van der Waals surface area contributed by atoms with Crippen molar-refractivity contribution in [2.24, 2.45) is 0 Å². The van der Waals surface area contributed by atoms with Gasteiger partial charge in [0.15, 0.2) is 6.29 Å². The number of carbonyl (C=O) groups is 1. The molecule has 0 amide bonds. The predicted octanol–water partition coefficient (Wildman–Crippen LogP) is 3.41. The lowest BCUT2D eigenvalue weighted by Crippen LogP contribution is -2.25. The van der Waals surface area contributed by atoms with Crippen molar-refractivity contribution < 1.29 is 4.79 Å². The fourth-order valence-electron chi connectivity index (χ4n) is 2.19. The molecule has 0 aliphatic rings. The fraction of sp³-hybridized carbons (Fsp3) is 0.400. The molecule has 0 bridgehead atoms. The van der Waals surface area contributed by atoms with E-state index in [1.807, 2.05) is 24.3 Å². The Balaban J connectivity index is 2.10. The second kappa shape index (κ2) is 6.78. The summed E-state index contributed by atoms with van der Waals surface area (Å²) in [4.78, 5) is 17.0. The zero-order chi connectivity index (χ0) is 13.7. The van der Waals surface area contributed by atoms with E-state index in [1.54, 1.807) is 11.8 Å². The van der Waals surface area contributed by atoms with Gasteiger partial charge in [0.2, 0.25) is 0 Å². The van der Waals surface area contributed by atoms with Crippen molar-refractivity contribution in [2.75, 3.05) is 25.4 Å². The van der Waals surface area contributed by atoms with Crippen LogP contribution in [-0.4, -0.2) is 41.6 Å². The number of aromatic amines is 1. The number of carbonyl (C=O) groups excluding carboxylic acids is 1. The van der Waals surface area contributed by atoms with Gasteiger partial charge in [0.05, 0.1) is 10.6 Å². The van der Waals surface area contributed by atoms with Crippen LogP contribution in [-0.2, 0) is 0 Å². The average molecular weight is 276 g/mol. The number of hydrogen-bond donors (Lipinski definition) is 1. The lowest BCUT2D eigenvalue weighted by Gasteiger charge is -2.17. The maximum absolute atomic E-state index is 11.3. The number of hydrogen-bond acceptors (Lipinski definition) is 3. The van der Waals surface area contributed by atoms with Crippen molar-refractivity contribution in [3.63, 3.8) is 0 Å². The molecule has 2 rings (SSSR count). The Bertz CT molecular complexity index is 546. The number of nitrogens with one attached hydrogen (secondary N) is 1. The maximum Gasteiger partial charge on any atom is 0.153 e. The molecule has 1 aromatic carbocycles. The van der Waals surface area contributed by atoms with Gasteiger partial charge in [-0.2, -0.15) is 0 Å². The number of nitrogens with zero attached hydrogens (tertiary/aromatic N) is 1. The Kier molecular flexibility index (Phi) is 5.05. The Morgan fingerprint density at radius 3 is 2.68 bits per heavy atom. The first kappa shape index (κ1) is 14.2. The largest absolute Gasteiger partial charge is 0.349 e. The van der Waals surface area contributed by atoms with Crippen molar-refractivity contribution in [2.45, 2.75) is 18.9 Å². The van der Waals surface area contributed by atoms with Crippen LogP contribution in [0.25, 0.3) is 10.9 Å². The van der Waals surface area contributed by atoms with Crippen molar-refractivity contribution in [3.05, 3.63) is 29.8 Å². The molecule has 19 heavy (non-hydrogen) atoms. The highest BCUT2D eigenvalue weighted by molar-refractivity contribution is 7.99. The Hall–Kier alpha value is -1.26. The lowest BCUT2D eigenvalue weighted by atomic mass is 10.2. The van der Waals surface area contributed by atoms with E-state index in [1.165, 1.54) is 0 Å². The van der Waals surface area contributed by atoms with E-state index in [0.717, 1.165) is 53.2 Å². The van der Waals surface area contributed by atoms with Crippen LogP contribution in [0, 0.1) is 0 Å². The first-order valence-corrected chi connectivity index (χ1v) is 7.69. The second-order valence-electron chi connectivity index (χ2n) is 4.41. The summed E-state index contributed by atoms with van der Waals surface area (Å²) >= 11 is 1.73. The molecule has 0 spiro atoms. The summed E-state index contributed by atoms with van der Waals surface area (Å²) in [5.74, 6) is 0.995. The second-order valence-corrected chi connectivity index (χ2v) is 5.51. The van der Waals surface area contributed by atoms with Crippen LogP contribution in [0.1, 0.15) is 24.2 Å². The molecule has 1 N–H and O–H groups in total. The number of H-pyrrole nitrogens is 1. The number of thioether (sulfide) groups is 1. The summed E-state index contributed by atoms with van der Waals surface area (Å²) in [5.41, 5.74) is 1.83. The molecule has 0 aliphatic heterocycles. The molecule has 0 unspecified atom stereocenters. The van der Waals surface area contributed by atoms with E-state index in [0.29, 0.717) is 0 Å². The molecular weight excluding hydrogens is 256 g/mol. The summed E-state index contributed by atoms with van der Waals surface area (Å²) in [6, 6.07) is 7.95. The summed E-state index contributed by atoms with van der Waals surface area (Å²) in [6.45, 7) is 7.54. The molecular formula is C15H20N2OS. The maximum atomic E-state index is 11.3. The number of para-hydroxylation sites is 1. The lowest BCUT2D eigenvalue weighted by molar-refractivity contribution is 0.112. The average Bonchev–Trinajstić information content (AvgIpc) is 2.81. The third kappa shape index (κ3) is 3.19. The topological polar surface area (TPSA) is 36.1 Å². The van der Waals surface area contributed by atoms with Crippen molar-refractivity contribution in [1.82, 2.24) is 9.88 Å². The van der Waals surface area contributed by atoms with E-state index in [-0.39, 0.29) is 0 Å². The Labute approximate surface area is 118 Å². The van der Waals surface area contributed by atoms with Gasteiger partial charge in [-0.05, 0) is 19.2 Å². The smallest absolute Gasteiger partial charge is 0.153 e. The van der Waals surface area contributed by atoms with E-state index in [4.69, 9.17) is 0 Å². The monoisotopic (exact) mass is 276 g/mol. The minimum Gasteiger partial charge on any atom is -0.349 e. The van der Waals surface area contributed by atoms with Gasteiger partial charge in [0.25, 0.3) is 0 Å². The number of benzene rings is 1. The van der Waals surface area contributed by atoms with Gasteiger partial charge in [0, 0.05) is 23.2 Å². The molecule has 1 aromatic heterocycles. The van der Waals surface area contributed by atoms with Gasteiger partial charge in [-0.1, -0.05) is 32.0 Å². The minimum absolute atomic E-state index is 0.792. The van der Waals surface area contributed by atoms with Crippen LogP contribution in [0.3, 0.4) is 0 Å². The quantitative estimate of drug-likeness (QED) is 0.622. The van der Waals surface area contributed by atoms with Gasteiger partial charge in [-0.25, -0.2) is 0 Å². The molecule has 0 aliphatic carbocycles. The van der Waals surface area contributed by atoms with Crippen LogP contribution in [0.2, 0.25) is 0 Å². The third-order valence-corrected chi connectivity index (χ3v) is 4.37. The molecule has 2 aromatic rings. The highest BCUT2D eigenvalue weighted by atomic mass is 32.2. The van der Waals surface area contributed by atoms with Crippen LogP contribution in [0.4, 0.5) is 0 Å². The van der Waals surface area contributed by atoms with Crippen molar-refractivity contribution >= 4 is 29.0 Å². The highest BCUT2D eigenvalue weighted by Gasteiger charge is 2.11. The summed E-state index contributed by atoms with van der Waals surface area (Å²) in [6.07, 6.45) is 0.957. The van der Waals surface area contributed by atoms with Gasteiger partial charge in [0.1, 0.15) is 0 Å². The van der Waals surface area contributed by atoms with Gasteiger partial charge in [-0.15, -0.1) is 11.8 Å². The number of aldehydes is 1. The SMILES string of the molecule is CCN(CC)CCSc1[nH]c2ccccc2c1C=O. The number of rotatable bonds is 7. The van der Waals surface area contributed by atoms with Crippen molar-refractivity contribution in [3.8, 4) is 0 Å². The molecule has 0 fully saturated rings. The molecule has 102 valence electrons. The molecule has 0 saturated carbocycles.